The normalized spacial score (nSPS) is 19.5. The summed E-state index contributed by atoms with van der Waals surface area (Å²) in [6, 6.07) is 9.68. The third-order valence-corrected chi connectivity index (χ3v) is 6.21. The van der Waals surface area contributed by atoms with Crippen LogP contribution in [0.5, 0.6) is 0 Å². The first-order valence-electron chi connectivity index (χ1n) is 10.9. The molecule has 8 nitrogen and oxygen atoms in total. The summed E-state index contributed by atoms with van der Waals surface area (Å²) >= 11 is 0. The third kappa shape index (κ3) is 4.20. The van der Waals surface area contributed by atoms with Crippen molar-refractivity contribution in [3.8, 4) is 11.3 Å². The van der Waals surface area contributed by atoms with E-state index in [2.05, 4.69) is 25.7 Å². The standard InChI is InChI=1S/C23H22F2N6O2/c24-16-11-15(12-17(25)13-16)18-6-7-20(29-28-18)26-14-19-23(8-2-1-3-9-23)33-22(32)31(19)21-5-4-10-27-30-21/h4-7,10-13,19H,1-3,8-9,14H2,(H,26,29). The Kier molecular flexibility index (Phi) is 5.57. The van der Waals surface area contributed by atoms with Gasteiger partial charge in [0.1, 0.15) is 23.1 Å². The maximum absolute atomic E-state index is 13.5. The molecule has 3 aromatic rings. The molecule has 1 aliphatic carbocycles. The Labute approximate surface area is 189 Å². The van der Waals surface area contributed by atoms with E-state index in [1.807, 2.05) is 0 Å². The van der Waals surface area contributed by atoms with Crippen molar-refractivity contribution in [1.29, 1.82) is 0 Å². The van der Waals surface area contributed by atoms with E-state index in [9.17, 15) is 13.6 Å². The van der Waals surface area contributed by atoms with Gasteiger partial charge in [0.2, 0.25) is 0 Å². The zero-order valence-electron chi connectivity index (χ0n) is 17.7. The highest BCUT2D eigenvalue weighted by atomic mass is 19.1. The molecule has 1 amide bonds. The number of nitrogens with zero attached hydrogens (tertiary/aromatic N) is 5. The largest absolute Gasteiger partial charge is 0.440 e. The van der Waals surface area contributed by atoms with Crippen LogP contribution < -0.4 is 10.2 Å². The Balaban J connectivity index is 1.37. The van der Waals surface area contributed by atoms with Gasteiger partial charge in [0, 0.05) is 24.4 Å². The summed E-state index contributed by atoms with van der Waals surface area (Å²) in [6.45, 7) is 0.366. The summed E-state index contributed by atoms with van der Waals surface area (Å²) < 4.78 is 33.0. The molecule has 2 aliphatic rings. The van der Waals surface area contributed by atoms with Gasteiger partial charge in [-0.05, 0) is 62.1 Å². The monoisotopic (exact) mass is 452 g/mol. The van der Waals surface area contributed by atoms with Gasteiger partial charge >= 0.3 is 6.09 Å². The van der Waals surface area contributed by atoms with Crippen molar-refractivity contribution >= 4 is 17.7 Å². The van der Waals surface area contributed by atoms with Gasteiger partial charge in [0.15, 0.2) is 5.82 Å². The smallest absolute Gasteiger partial charge is 0.416 e. The fourth-order valence-electron chi connectivity index (χ4n) is 4.67. The minimum Gasteiger partial charge on any atom is -0.440 e. The fourth-order valence-corrected chi connectivity index (χ4v) is 4.67. The summed E-state index contributed by atoms with van der Waals surface area (Å²) in [7, 11) is 0. The fraction of sp³-hybridized carbons (Fsp3) is 0.348. The number of benzene rings is 1. The molecule has 10 heteroatoms. The molecular weight excluding hydrogens is 430 g/mol. The van der Waals surface area contributed by atoms with Gasteiger partial charge in [-0.15, -0.1) is 15.3 Å². The molecule has 1 atom stereocenters. The van der Waals surface area contributed by atoms with Crippen LogP contribution in [0, 0.1) is 11.6 Å². The average Bonchev–Trinajstić information content (AvgIpc) is 3.08. The Bertz CT molecular complexity index is 1120. The van der Waals surface area contributed by atoms with Crippen molar-refractivity contribution < 1.29 is 18.3 Å². The number of hydrogen-bond acceptors (Lipinski definition) is 7. The summed E-state index contributed by atoms with van der Waals surface area (Å²) in [6.07, 6.45) is 5.75. The summed E-state index contributed by atoms with van der Waals surface area (Å²) in [5.74, 6) is -0.449. The SMILES string of the molecule is O=C1OC2(CCCCC2)C(CNc2ccc(-c3cc(F)cc(F)c3)nn2)N1c1cccnn1. The third-order valence-electron chi connectivity index (χ3n) is 6.21. The molecule has 1 aromatic carbocycles. The van der Waals surface area contributed by atoms with E-state index in [1.54, 1.807) is 35.4 Å². The lowest BCUT2D eigenvalue weighted by Gasteiger charge is -2.37. The number of nitrogens with one attached hydrogen (secondary N) is 1. The molecule has 0 radical (unpaired) electrons. The molecule has 2 fully saturated rings. The summed E-state index contributed by atoms with van der Waals surface area (Å²) in [5, 5.41) is 19.5. The highest BCUT2D eigenvalue weighted by molar-refractivity contribution is 5.90. The van der Waals surface area contributed by atoms with E-state index in [0.717, 1.165) is 38.2 Å². The second-order valence-electron chi connectivity index (χ2n) is 8.30. The predicted octanol–water partition coefficient (Wildman–Crippen LogP) is 4.35. The molecule has 3 heterocycles. The van der Waals surface area contributed by atoms with E-state index in [4.69, 9.17) is 4.74 Å². The zero-order valence-corrected chi connectivity index (χ0v) is 17.7. The van der Waals surface area contributed by atoms with E-state index < -0.39 is 23.3 Å². The van der Waals surface area contributed by atoms with Crippen LogP contribution in [-0.4, -0.2) is 44.7 Å². The van der Waals surface area contributed by atoms with Crippen LogP contribution in [0.3, 0.4) is 0 Å². The maximum atomic E-state index is 13.5. The molecule has 170 valence electrons. The van der Waals surface area contributed by atoms with Crippen LogP contribution in [0.25, 0.3) is 11.3 Å². The van der Waals surface area contributed by atoms with Crippen LogP contribution in [0.4, 0.5) is 25.2 Å². The van der Waals surface area contributed by atoms with E-state index in [0.29, 0.717) is 29.4 Å². The Morgan fingerprint density at radius 2 is 1.82 bits per heavy atom. The zero-order chi connectivity index (χ0) is 22.8. The van der Waals surface area contributed by atoms with Crippen LogP contribution in [0.2, 0.25) is 0 Å². The minimum absolute atomic E-state index is 0.302. The molecule has 1 spiro atoms. The van der Waals surface area contributed by atoms with Crippen molar-refractivity contribution in [2.75, 3.05) is 16.8 Å². The van der Waals surface area contributed by atoms with E-state index in [1.165, 1.54) is 12.1 Å². The Morgan fingerprint density at radius 1 is 1.03 bits per heavy atom. The summed E-state index contributed by atoms with van der Waals surface area (Å²) in [5.41, 5.74) is 0.0476. The Hall–Kier alpha value is -3.69. The molecule has 1 unspecified atom stereocenters. The van der Waals surface area contributed by atoms with Gasteiger partial charge in [-0.25, -0.2) is 13.6 Å². The second-order valence-corrected chi connectivity index (χ2v) is 8.30. The lowest BCUT2D eigenvalue weighted by atomic mass is 9.79. The van der Waals surface area contributed by atoms with Crippen LogP contribution in [0.1, 0.15) is 32.1 Å². The molecule has 5 rings (SSSR count). The van der Waals surface area contributed by atoms with Gasteiger partial charge in [-0.1, -0.05) is 6.42 Å². The lowest BCUT2D eigenvalue weighted by molar-refractivity contribution is 0.00742. The number of aromatic nitrogens is 4. The number of hydrogen-bond donors (Lipinski definition) is 1. The van der Waals surface area contributed by atoms with Gasteiger partial charge in [-0.3, -0.25) is 4.90 Å². The first-order valence-corrected chi connectivity index (χ1v) is 10.9. The molecule has 1 N–H and O–H groups in total. The number of carbonyl (C=O) groups is 1. The molecule has 1 saturated carbocycles. The van der Waals surface area contributed by atoms with Crippen molar-refractivity contribution in [3.63, 3.8) is 0 Å². The Morgan fingerprint density at radius 3 is 2.48 bits per heavy atom. The number of carbonyl (C=O) groups excluding carboxylic acids is 1. The van der Waals surface area contributed by atoms with Gasteiger partial charge in [-0.2, -0.15) is 5.10 Å². The number of anilines is 2. The van der Waals surface area contributed by atoms with Crippen molar-refractivity contribution in [3.05, 3.63) is 60.3 Å². The minimum atomic E-state index is -0.679. The predicted molar refractivity (Wildman–Crippen MR) is 116 cm³/mol. The average molecular weight is 452 g/mol. The van der Waals surface area contributed by atoms with Crippen LogP contribution in [0.15, 0.2) is 48.7 Å². The lowest BCUT2D eigenvalue weighted by Crippen LogP contribution is -2.51. The molecule has 1 saturated heterocycles. The van der Waals surface area contributed by atoms with Gasteiger partial charge < -0.3 is 10.1 Å². The molecular formula is C23H22F2N6O2. The first kappa shape index (κ1) is 21.2. The second kappa shape index (κ2) is 8.68. The highest BCUT2D eigenvalue weighted by Crippen LogP contribution is 2.43. The highest BCUT2D eigenvalue weighted by Gasteiger charge is 2.55. The van der Waals surface area contributed by atoms with Crippen molar-refractivity contribution in [1.82, 2.24) is 20.4 Å². The molecule has 2 aromatic heterocycles. The van der Waals surface area contributed by atoms with Crippen LogP contribution in [-0.2, 0) is 4.74 Å². The molecule has 0 bridgehead atoms. The number of ether oxygens (including phenoxy) is 1. The molecule has 33 heavy (non-hydrogen) atoms. The van der Waals surface area contributed by atoms with E-state index >= 15 is 0 Å². The molecule has 1 aliphatic heterocycles. The van der Waals surface area contributed by atoms with Crippen LogP contribution >= 0.6 is 0 Å². The number of rotatable bonds is 5. The van der Waals surface area contributed by atoms with Gasteiger partial charge in [0.25, 0.3) is 0 Å². The van der Waals surface area contributed by atoms with Crippen molar-refractivity contribution in [2.45, 2.75) is 43.7 Å². The quantitative estimate of drug-likeness (QED) is 0.615. The van der Waals surface area contributed by atoms with E-state index in [-0.39, 0.29) is 6.04 Å². The first-order chi connectivity index (χ1) is 16.0. The van der Waals surface area contributed by atoms with Gasteiger partial charge in [0.05, 0.1) is 11.7 Å². The topological polar surface area (TPSA) is 93.1 Å². The number of halogens is 2. The number of amides is 1. The van der Waals surface area contributed by atoms with Crippen molar-refractivity contribution in [2.24, 2.45) is 0 Å². The summed E-state index contributed by atoms with van der Waals surface area (Å²) in [4.78, 5) is 14.4. The maximum Gasteiger partial charge on any atom is 0.416 e.